The minimum Gasteiger partial charge on any atom is -0.490 e. The molecule has 0 fully saturated rings. The number of amides is 1. The Balaban J connectivity index is 1.54. The van der Waals surface area contributed by atoms with Gasteiger partial charge in [-0.25, -0.2) is 0 Å². The molecule has 166 valence electrons. The molecule has 0 aliphatic carbocycles. The van der Waals surface area contributed by atoms with E-state index in [9.17, 15) is 9.59 Å². The van der Waals surface area contributed by atoms with Crippen molar-refractivity contribution in [1.29, 1.82) is 0 Å². The fourth-order valence-electron chi connectivity index (χ4n) is 3.36. The number of para-hydroxylation sites is 1. The molecule has 0 aliphatic heterocycles. The quantitative estimate of drug-likeness (QED) is 0.409. The van der Waals surface area contributed by atoms with Crippen LogP contribution in [0.4, 0.5) is 5.69 Å². The Morgan fingerprint density at radius 3 is 2.59 bits per heavy atom. The van der Waals surface area contributed by atoms with E-state index in [1.165, 1.54) is 16.3 Å². The first-order chi connectivity index (χ1) is 15.5. The molecule has 0 radical (unpaired) electrons. The number of benzene rings is 2. The van der Waals surface area contributed by atoms with Crippen molar-refractivity contribution in [3.63, 3.8) is 0 Å². The van der Waals surface area contributed by atoms with E-state index in [0.717, 1.165) is 0 Å². The van der Waals surface area contributed by atoms with Crippen molar-refractivity contribution in [2.45, 2.75) is 19.0 Å². The van der Waals surface area contributed by atoms with Gasteiger partial charge in [-0.15, -0.1) is 10.2 Å². The molecule has 10 heteroatoms. The van der Waals surface area contributed by atoms with Crippen LogP contribution < -0.4 is 20.3 Å². The molecular formula is C22H23N5O4S. The second kappa shape index (κ2) is 9.31. The zero-order chi connectivity index (χ0) is 22.7. The van der Waals surface area contributed by atoms with Crippen molar-refractivity contribution in [3.05, 3.63) is 52.8 Å². The zero-order valence-electron chi connectivity index (χ0n) is 18.0. The van der Waals surface area contributed by atoms with Crippen molar-refractivity contribution < 1.29 is 14.3 Å². The fourth-order valence-corrected chi connectivity index (χ4v) is 4.10. The van der Waals surface area contributed by atoms with Crippen molar-refractivity contribution in [1.82, 2.24) is 19.2 Å². The Morgan fingerprint density at radius 1 is 1.06 bits per heavy atom. The summed E-state index contributed by atoms with van der Waals surface area (Å²) in [6.45, 7) is 4.80. The van der Waals surface area contributed by atoms with Gasteiger partial charge in [0.15, 0.2) is 16.7 Å². The van der Waals surface area contributed by atoms with Crippen molar-refractivity contribution in [3.8, 4) is 11.5 Å². The number of carbonyl (C=O) groups is 1. The van der Waals surface area contributed by atoms with Crippen molar-refractivity contribution >= 4 is 40.0 Å². The minimum atomic E-state index is -0.201. The van der Waals surface area contributed by atoms with Crippen LogP contribution in [0, 0.1) is 0 Å². The molecule has 32 heavy (non-hydrogen) atoms. The topological polar surface area (TPSA) is 99.7 Å². The molecule has 0 aliphatic rings. The molecule has 0 atom stereocenters. The molecule has 0 bridgehead atoms. The molecule has 1 N–H and O–H groups in total. The molecule has 4 rings (SSSR count). The number of anilines is 1. The predicted molar refractivity (Wildman–Crippen MR) is 124 cm³/mol. The molecule has 0 spiro atoms. The average Bonchev–Trinajstić information content (AvgIpc) is 3.22. The van der Waals surface area contributed by atoms with Crippen LogP contribution in [-0.2, 0) is 11.8 Å². The molecule has 1 amide bonds. The fraction of sp³-hybridized carbons (Fsp3) is 0.273. The third-order valence-corrected chi connectivity index (χ3v) is 5.68. The molecule has 0 saturated carbocycles. The van der Waals surface area contributed by atoms with Gasteiger partial charge in [0.25, 0.3) is 5.56 Å². The van der Waals surface area contributed by atoms with Crippen LogP contribution in [0.3, 0.4) is 0 Å². The van der Waals surface area contributed by atoms with E-state index in [1.807, 2.05) is 32.0 Å². The van der Waals surface area contributed by atoms with Gasteiger partial charge in [-0.05, 0) is 38.1 Å². The number of carbonyl (C=O) groups excluding carboxylic acids is 1. The summed E-state index contributed by atoms with van der Waals surface area (Å²) < 4.78 is 14.4. The molecule has 2 aromatic carbocycles. The van der Waals surface area contributed by atoms with Gasteiger partial charge in [0.05, 0.1) is 29.9 Å². The van der Waals surface area contributed by atoms with Gasteiger partial charge < -0.3 is 14.8 Å². The maximum absolute atomic E-state index is 12.6. The first kappa shape index (κ1) is 21.7. The van der Waals surface area contributed by atoms with Crippen LogP contribution in [0.1, 0.15) is 13.8 Å². The third kappa shape index (κ3) is 4.13. The lowest BCUT2D eigenvalue weighted by Crippen LogP contribution is -2.20. The van der Waals surface area contributed by atoms with Gasteiger partial charge >= 0.3 is 0 Å². The number of thioether (sulfide) groups is 1. The number of rotatable bonds is 8. The molecule has 4 aromatic rings. The van der Waals surface area contributed by atoms with E-state index in [0.29, 0.717) is 52.2 Å². The molecule has 0 saturated heterocycles. The van der Waals surface area contributed by atoms with Crippen LogP contribution in [0.15, 0.2) is 52.4 Å². The second-order valence-electron chi connectivity index (χ2n) is 6.86. The number of ether oxygens (including phenoxy) is 2. The Labute approximate surface area is 188 Å². The Morgan fingerprint density at radius 2 is 1.81 bits per heavy atom. The number of nitrogens with one attached hydrogen (secondary N) is 1. The van der Waals surface area contributed by atoms with Crippen molar-refractivity contribution in [2.75, 3.05) is 24.3 Å². The highest BCUT2D eigenvalue weighted by Gasteiger charge is 2.16. The number of hydrogen-bond acceptors (Lipinski definition) is 7. The minimum absolute atomic E-state index is 0.120. The zero-order valence-corrected chi connectivity index (χ0v) is 18.8. The van der Waals surface area contributed by atoms with Crippen LogP contribution >= 0.6 is 11.8 Å². The predicted octanol–water partition coefficient (Wildman–Crippen LogP) is 3.11. The van der Waals surface area contributed by atoms with Gasteiger partial charge in [0, 0.05) is 18.8 Å². The standard InChI is InChI=1S/C22H23N5O4S/c1-4-30-17-11-10-14(12-18(17)31-5-2)23-19(28)13-32-22-25-24-21-26(3)20(29)15-8-6-7-9-16(15)27(21)22/h6-12H,4-5,13H2,1-3H3,(H,23,28). The van der Waals surface area contributed by atoms with Gasteiger partial charge in [-0.3, -0.25) is 18.6 Å². The van der Waals surface area contributed by atoms with E-state index in [-0.39, 0.29) is 17.2 Å². The van der Waals surface area contributed by atoms with E-state index >= 15 is 0 Å². The first-order valence-electron chi connectivity index (χ1n) is 10.2. The van der Waals surface area contributed by atoms with Crippen LogP contribution in [0.5, 0.6) is 11.5 Å². The summed E-state index contributed by atoms with van der Waals surface area (Å²) in [4.78, 5) is 25.1. The maximum atomic E-state index is 12.6. The van der Waals surface area contributed by atoms with E-state index < -0.39 is 0 Å². The monoisotopic (exact) mass is 453 g/mol. The van der Waals surface area contributed by atoms with Gasteiger partial charge in [0.2, 0.25) is 11.7 Å². The number of fused-ring (bicyclic) bond motifs is 3. The Hall–Kier alpha value is -3.53. The van der Waals surface area contributed by atoms with Crippen LogP contribution in [0.2, 0.25) is 0 Å². The number of nitrogens with zero attached hydrogens (tertiary/aromatic N) is 4. The van der Waals surface area contributed by atoms with Gasteiger partial charge in [-0.2, -0.15) is 0 Å². The summed E-state index contributed by atoms with van der Waals surface area (Å²) in [6.07, 6.45) is 0. The highest BCUT2D eigenvalue weighted by Crippen LogP contribution is 2.31. The molecular weight excluding hydrogens is 430 g/mol. The lowest BCUT2D eigenvalue weighted by molar-refractivity contribution is -0.113. The number of aromatic nitrogens is 4. The first-order valence-corrected chi connectivity index (χ1v) is 11.2. The molecule has 0 unspecified atom stereocenters. The summed E-state index contributed by atoms with van der Waals surface area (Å²) >= 11 is 1.25. The lowest BCUT2D eigenvalue weighted by Gasteiger charge is -2.13. The van der Waals surface area contributed by atoms with Crippen LogP contribution in [0.25, 0.3) is 16.7 Å². The lowest BCUT2D eigenvalue weighted by atomic mass is 10.2. The second-order valence-corrected chi connectivity index (χ2v) is 7.81. The highest BCUT2D eigenvalue weighted by atomic mass is 32.2. The molecule has 2 aromatic heterocycles. The molecule has 9 nitrogen and oxygen atoms in total. The normalized spacial score (nSPS) is 11.1. The summed E-state index contributed by atoms with van der Waals surface area (Å²) in [6, 6.07) is 12.6. The smallest absolute Gasteiger partial charge is 0.262 e. The van der Waals surface area contributed by atoms with Gasteiger partial charge in [0.1, 0.15) is 0 Å². The molecule has 2 heterocycles. The number of hydrogen-bond donors (Lipinski definition) is 1. The van der Waals surface area contributed by atoms with E-state index in [2.05, 4.69) is 15.5 Å². The van der Waals surface area contributed by atoms with Gasteiger partial charge in [-0.1, -0.05) is 23.9 Å². The Kier molecular flexibility index (Phi) is 6.31. The van der Waals surface area contributed by atoms with Crippen LogP contribution in [-0.4, -0.2) is 44.0 Å². The van der Waals surface area contributed by atoms with E-state index in [4.69, 9.17) is 9.47 Å². The summed E-state index contributed by atoms with van der Waals surface area (Å²) in [7, 11) is 1.65. The highest BCUT2D eigenvalue weighted by molar-refractivity contribution is 7.99. The average molecular weight is 454 g/mol. The third-order valence-electron chi connectivity index (χ3n) is 4.76. The van der Waals surface area contributed by atoms with Crippen molar-refractivity contribution in [2.24, 2.45) is 7.05 Å². The maximum Gasteiger partial charge on any atom is 0.262 e. The summed E-state index contributed by atoms with van der Waals surface area (Å²) in [5.41, 5.74) is 1.17. The Bertz CT molecular complexity index is 1350. The number of aryl methyl sites for hydroxylation is 1. The van der Waals surface area contributed by atoms with E-state index in [1.54, 1.807) is 35.7 Å². The largest absolute Gasteiger partial charge is 0.490 e. The SMILES string of the molecule is CCOc1ccc(NC(=O)CSc2nnc3n(C)c(=O)c4ccccc4n23)cc1OCC. The summed E-state index contributed by atoms with van der Waals surface area (Å²) in [5, 5.41) is 12.3. The summed E-state index contributed by atoms with van der Waals surface area (Å²) in [5.74, 6) is 1.55.